The van der Waals surface area contributed by atoms with E-state index in [2.05, 4.69) is 9.72 Å². The number of rotatable bonds is 3. The molecule has 2 rings (SSSR count). The van der Waals surface area contributed by atoms with Crippen molar-refractivity contribution in [3.05, 3.63) is 32.6 Å². The molecule has 0 bridgehead atoms. The number of nitrogens with one attached hydrogen (secondary N) is 1. The Bertz CT molecular complexity index is 590. The van der Waals surface area contributed by atoms with Crippen LogP contribution in [0.25, 0.3) is 0 Å². The van der Waals surface area contributed by atoms with Gasteiger partial charge >= 0.3 is 11.8 Å². The van der Waals surface area contributed by atoms with Gasteiger partial charge in [-0.25, -0.2) is 9.59 Å². The third-order valence-corrected chi connectivity index (χ3v) is 2.93. The van der Waals surface area contributed by atoms with Crippen molar-refractivity contribution >= 4 is 6.16 Å². The maximum absolute atomic E-state index is 11.7. The van der Waals surface area contributed by atoms with Crippen molar-refractivity contribution in [3.8, 4) is 0 Å². The van der Waals surface area contributed by atoms with Gasteiger partial charge in [0.2, 0.25) is 0 Å². The monoisotopic (exact) mass is 270 g/mol. The predicted octanol–water partition coefficient (Wildman–Crippen LogP) is 0.217. The van der Waals surface area contributed by atoms with Crippen molar-refractivity contribution in [2.24, 2.45) is 0 Å². The van der Waals surface area contributed by atoms with Crippen LogP contribution in [-0.2, 0) is 9.47 Å². The second kappa shape index (κ2) is 5.27. The first kappa shape index (κ1) is 13.3. The van der Waals surface area contributed by atoms with E-state index < -0.39 is 23.6 Å². The van der Waals surface area contributed by atoms with Crippen LogP contribution in [-0.4, -0.2) is 33.5 Å². The summed E-state index contributed by atoms with van der Waals surface area (Å²) in [5.41, 5.74) is -0.557. The van der Waals surface area contributed by atoms with E-state index in [-0.39, 0.29) is 12.7 Å². The first-order chi connectivity index (χ1) is 8.97. The Morgan fingerprint density at radius 2 is 2.32 bits per heavy atom. The molecule has 104 valence electrons. The molecule has 1 saturated heterocycles. The van der Waals surface area contributed by atoms with Gasteiger partial charge in [-0.3, -0.25) is 14.3 Å². The molecule has 8 heteroatoms. The fourth-order valence-electron chi connectivity index (χ4n) is 1.98. The summed E-state index contributed by atoms with van der Waals surface area (Å²) in [6.07, 6.45) is 0.336. The van der Waals surface area contributed by atoms with Gasteiger partial charge in [-0.1, -0.05) is 0 Å². The smallest absolute Gasteiger partial charge is 0.450 e. The Balaban J connectivity index is 2.09. The first-order valence-electron chi connectivity index (χ1n) is 5.80. The minimum atomic E-state index is -1.36. The molecule has 0 spiro atoms. The topological polar surface area (TPSA) is 111 Å². The number of H-pyrrole nitrogens is 1. The van der Waals surface area contributed by atoms with Gasteiger partial charge in [-0.15, -0.1) is 0 Å². The highest BCUT2D eigenvalue weighted by Gasteiger charge is 2.28. The van der Waals surface area contributed by atoms with Crippen molar-refractivity contribution in [1.82, 2.24) is 9.55 Å². The average Bonchev–Trinajstić information content (AvgIpc) is 2.80. The molecular formula is C11H14N2O6. The number of aromatic amines is 1. The number of hydrogen-bond donors (Lipinski definition) is 2. The van der Waals surface area contributed by atoms with Crippen molar-refractivity contribution in [2.75, 3.05) is 6.61 Å². The molecule has 0 radical (unpaired) electrons. The number of carboxylic acid groups (broad SMARTS) is 1. The summed E-state index contributed by atoms with van der Waals surface area (Å²) in [5.74, 6) is 0. The highest BCUT2D eigenvalue weighted by molar-refractivity contribution is 5.56. The molecule has 8 nitrogen and oxygen atoms in total. The quantitative estimate of drug-likeness (QED) is 0.760. The fraction of sp³-hybridized carbons (Fsp3) is 0.545. The summed E-state index contributed by atoms with van der Waals surface area (Å²) in [7, 11) is 0. The van der Waals surface area contributed by atoms with Crippen LogP contribution in [0.4, 0.5) is 4.79 Å². The third-order valence-electron chi connectivity index (χ3n) is 2.93. The van der Waals surface area contributed by atoms with E-state index in [1.165, 1.54) is 10.8 Å². The molecule has 2 N–H and O–H groups in total. The molecule has 0 aromatic carbocycles. The highest BCUT2D eigenvalue weighted by atomic mass is 16.7. The lowest BCUT2D eigenvalue weighted by Crippen LogP contribution is -2.33. The summed E-state index contributed by atoms with van der Waals surface area (Å²) in [6, 6.07) is 0. The average molecular weight is 270 g/mol. The first-order valence-corrected chi connectivity index (χ1v) is 5.80. The van der Waals surface area contributed by atoms with Gasteiger partial charge in [-0.2, -0.15) is 0 Å². The lowest BCUT2D eigenvalue weighted by atomic mass is 10.2. The molecule has 1 fully saturated rings. The number of carbonyl (C=O) groups is 1. The van der Waals surface area contributed by atoms with Gasteiger partial charge in [0.25, 0.3) is 5.56 Å². The van der Waals surface area contributed by atoms with Gasteiger partial charge in [0.05, 0.1) is 6.10 Å². The zero-order chi connectivity index (χ0) is 14.0. The molecule has 1 aliphatic heterocycles. The van der Waals surface area contributed by atoms with Crippen molar-refractivity contribution in [3.63, 3.8) is 0 Å². The summed E-state index contributed by atoms with van der Waals surface area (Å²) < 4.78 is 11.3. The molecule has 0 unspecified atom stereocenters. The van der Waals surface area contributed by atoms with Crippen LogP contribution in [0, 0.1) is 6.92 Å². The fourth-order valence-corrected chi connectivity index (χ4v) is 1.98. The summed E-state index contributed by atoms with van der Waals surface area (Å²) in [4.78, 5) is 35.4. The van der Waals surface area contributed by atoms with Gasteiger partial charge in [0.1, 0.15) is 12.8 Å². The maximum Gasteiger partial charge on any atom is 0.505 e. The van der Waals surface area contributed by atoms with Crippen LogP contribution >= 0.6 is 0 Å². The minimum absolute atomic E-state index is 0.0665. The molecular weight excluding hydrogens is 256 g/mol. The lowest BCUT2D eigenvalue weighted by molar-refractivity contribution is -0.0350. The molecule has 1 aromatic heterocycles. The Morgan fingerprint density at radius 3 is 3.00 bits per heavy atom. The molecule has 0 saturated carbocycles. The second-order valence-electron chi connectivity index (χ2n) is 4.35. The van der Waals surface area contributed by atoms with Gasteiger partial charge in [-0.05, 0) is 19.8 Å². The standard InChI is InChI=1S/C11H14N2O6/c1-6-4-13(10(15)12-9(6)14)8-3-2-7(19-8)5-18-11(16)17/h4,7-8H,2-3,5H2,1H3,(H,16,17)(H,12,14,15)/t7-,8+/m0/s1. The molecule has 0 aliphatic carbocycles. The molecule has 2 atom stereocenters. The minimum Gasteiger partial charge on any atom is -0.450 e. The Morgan fingerprint density at radius 1 is 1.58 bits per heavy atom. The SMILES string of the molecule is Cc1cn([C@H]2CC[C@@H](COC(=O)O)O2)c(=O)[nH]c1=O. The summed E-state index contributed by atoms with van der Waals surface area (Å²) >= 11 is 0. The van der Waals surface area contributed by atoms with Crippen LogP contribution in [0.1, 0.15) is 24.6 Å². The largest absolute Gasteiger partial charge is 0.505 e. The van der Waals surface area contributed by atoms with Gasteiger partial charge < -0.3 is 14.6 Å². The predicted molar refractivity (Wildman–Crippen MR) is 63.2 cm³/mol. The summed E-state index contributed by atoms with van der Waals surface area (Å²) in [5, 5.41) is 8.40. The van der Waals surface area contributed by atoms with E-state index in [1.54, 1.807) is 6.92 Å². The molecule has 2 heterocycles. The maximum atomic E-state index is 11.7. The van der Waals surface area contributed by atoms with E-state index in [9.17, 15) is 14.4 Å². The van der Waals surface area contributed by atoms with Crippen LogP contribution in [0.3, 0.4) is 0 Å². The van der Waals surface area contributed by atoms with Crippen molar-refractivity contribution in [2.45, 2.75) is 32.1 Å². The molecule has 19 heavy (non-hydrogen) atoms. The van der Waals surface area contributed by atoms with Crippen molar-refractivity contribution in [1.29, 1.82) is 0 Å². The van der Waals surface area contributed by atoms with Crippen LogP contribution in [0.2, 0.25) is 0 Å². The van der Waals surface area contributed by atoms with Crippen LogP contribution in [0.5, 0.6) is 0 Å². The van der Waals surface area contributed by atoms with Crippen molar-refractivity contribution < 1.29 is 19.4 Å². The number of aryl methyl sites for hydroxylation is 1. The van der Waals surface area contributed by atoms with E-state index in [4.69, 9.17) is 9.84 Å². The second-order valence-corrected chi connectivity index (χ2v) is 4.35. The zero-order valence-corrected chi connectivity index (χ0v) is 10.3. The zero-order valence-electron chi connectivity index (χ0n) is 10.3. The van der Waals surface area contributed by atoms with Gasteiger partial charge in [0, 0.05) is 11.8 Å². The molecule has 1 aromatic rings. The number of ether oxygens (including phenoxy) is 2. The van der Waals surface area contributed by atoms with Crippen LogP contribution in [0.15, 0.2) is 15.8 Å². The lowest BCUT2D eigenvalue weighted by Gasteiger charge is -2.15. The third kappa shape index (κ3) is 3.02. The van der Waals surface area contributed by atoms with E-state index >= 15 is 0 Å². The summed E-state index contributed by atoms with van der Waals surface area (Å²) in [6.45, 7) is 1.53. The van der Waals surface area contributed by atoms with E-state index in [0.717, 1.165) is 0 Å². The molecule has 1 aliphatic rings. The Labute approximate surface area is 107 Å². The molecule has 0 amide bonds. The van der Waals surface area contributed by atoms with E-state index in [1.807, 2.05) is 0 Å². The number of nitrogens with zero attached hydrogens (tertiary/aromatic N) is 1. The van der Waals surface area contributed by atoms with Gasteiger partial charge in [0.15, 0.2) is 0 Å². The van der Waals surface area contributed by atoms with E-state index in [0.29, 0.717) is 18.4 Å². The highest BCUT2D eigenvalue weighted by Crippen LogP contribution is 2.27. The van der Waals surface area contributed by atoms with Crippen LogP contribution < -0.4 is 11.2 Å². The normalized spacial score (nSPS) is 22.4. The Kier molecular flexibility index (Phi) is 3.70. The number of hydrogen-bond acceptors (Lipinski definition) is 5. The number of aromatic nitrogens is 2. The Hall–Kier alpha value is -2.09.